The van der Waals surface area contributed by atoms with Gasteiger partial charge in [-0.15, -0.1) is 0 Å². The SMILES string of the molecule is CCCCCOCCC(F)(F)F. The van der Waals surface area contributed by atoms with Gasteiger partial charge < -0.3 is 4.74 Å². The van der Waals surface area contributed by atoms with E-state index < -0.39 is 12.6 Å². The number of hydrogen-bond donors (Lipinski definition) is 0. The van der Waals surface area contributed by atoms with Crippen molar-refractivity contribution in [3.8, 4) is 0 Å². The summed E-state index contributed by atoms with van der Waals surface area (Å²) in [5, 5.41) is 0. The standard InChI is InChI=1S/C8H15F3O/c1-2-3-4-6-12-7-5-8(9,10)11/h2-7H2,1H3. The molecule has 0 saturated carbocycles. The van der Waals surface area contributed by atoms with E-state index in [0.717, 1.165) is 19.3 Å². The summed E-state index contributed by atoms with van der Waals surface area (Å²) in [6.45, 7) is 2.28. The summed E-state index contributed by atoms with van der Waals surface area (Å²) < 4.78 is 39.4. The minimum Gasteiger partial charge on any atom is -0.381 e. The van der Waals surface area contributed by atoms with Crippen molar-refractivity contribution in [3.05, 3.63) is 0 Å². The maximum atomic E-state index is 11.6. The molecule has 0 saturated heterocycles. The summed E-state index contributed by atoms with van der Waals surface area (Å²) in [5.74, 6) is 0. The van der Waals surface area contributed by atoms with Gasteiger partial charge in [-0.05, 0) is 6.42 Å². The van der Waals surface area contributed by atoms with Crippen LogP contribution < -0.4 is 0 Å². The molecule has 0 aromatic rings. The van der Waals surface area contributed by atoms with Crippen LogP contribution in [-0.4, -0.2) is 19.4 Å². The number of hydrogen-bond acceptors (Lipinski definition) is 1. The first-order chi connectivity index (χ1) is 5.56. The number of rotatable bonds is 6. The lowest BCUT2D eigenvalue weighted by molar-refractivity contribution is -0.145. The largest absolute Gasteiger partial charge is 0.391 e. The molecular weight excluding hydrogens is 169 g/mol. The molecule has 0 spiro atoms. The van der Waals surface area contributed by atoms with Crippen LogP contribution in [0.5, 0.6) is 0 Å². The van der Waals surface area contributed by atoms with Crippen LogP contribution in [0.1, 0.15) is 32.6 Å². The molecule has 0 unspecified atom stereocenters. The Kier molecular flexibility index (Phi) is 6.16. The van der Waals surface area contributed by atoms with Gasteiger partial charge in [-0.2, -0.15) is 13.2 Å². The fourth-order valence-electron chi connectivity index (χ4n) is 0.744. The third-order valence-corrected chi connectivity index (χ3v) is 1.42. The van der Waals surface area contributed by atoms with Crippen LogP contribution in [0.4, 0.5) is 13.2 Å². The first-order valence-corrected chi connectivity index (χ1v) is 4.20. The van der Waals surface area contributed by atoms with E-state index in [-0.39, 0.29) is 6.61 Å². The molecule has 0 aliphatic heterocycles. The summed E-state index contributed by atoms with van der Waals surface area (Å²) in [4.78, 5) is 0. The molecule has 0 bridgehead atoms. The van der Waals surface area contributed by atoms with E-state index >= 15 is 0 Å². The Balaban J connectivity index is 3.01. The van der Waals surface area contributed by atoms with Crippen molar-refractivity contribution in [2.45, 2.75) is 38.8 Å². The van der Waals surface area contributed by atoms with Crippen LogP contribution in [-0.2, 0) is 4.74 Å². The van der Waals surface area contributed by atoms with Crippen LogP contribution >= 0.6 is 0 Å². The smallest absolute Gasteiger partial charge is 0.381 e. The first-order valence-electron chi connectivity index (χ1n) is 4.20. The second kappa shape index (κ2) is 6.29. The van der Waals surface area contributed by atoms with Crippen molar-refractivity contribution < 1.29 is 17.9 Å². The van der Waals surface area contributed by atoms with Gasteiger partial charge in [0.15, 0.2) is 0 Å². The predicted molar refractivity (Wildman–Crippen MR) is 41.0 cm³/mol. The zero-order valence-corrected chi connectivity index (χ0v) is 7.28. The molecule has 0 atom stereocenters. The summed E-state index contributed by atoms with van der Waals surface area (Å²) in [7, 11) is 0. The van der Waals surface area contributed by atoms with E-state index in [9.17, 15) is 13.2 Å². The molecule has 0 radical (unpaired) electrons. The monoisotopic (exact) mass is 184 g/mol. The zero-order chi connectivity index (χ0) is 9.45. The molecule has 0 aliphatic carbocycles. The van der Waals surface area contributed by atoms with Crippen molar-refractivity contribution >= 4 is 0 Å². The third-order valence-electron chi connectivity index (χ3n) is 1.42. The molecule has 12 heavy (non-hydrogen) atoms. The average Bonchev–Trinajstić information content (AvgIpc) is 1.94. The predicted octanol–water partition coefficient (Wildman–Crippen LogP) is 3.15. The Hall–Kier alpha value is -0.250. The van der Waals surface area contributed by atoms with E-state index in [1.807, 2.05) is 6.92 Å². The Morgan fingerprint density at radius 3 is 2.25 bits per heavy atom. The van der Waals surface area contributed by atoms with Crippen molar-refractivity contribution in [1.82, 2.24) is 0 Å². The molecule has 0 N–H and O–H groups in total. The van der Waals surface area contributed by atoms with Crippen LogP contribution in [0, 0.1) is 0 Å². The van der Waals surface area contributed by atoms with Crippen LogP contribution in [0.25, 0.3) is 0 Å². The number of unbranched alkanes of at least 4 members (excludes halogenated alkanes) is 2. The Labute approximate surface area is 70.9 Å². The van der Waals surface area contributed by atoms with Gasteiger partial charge >= 0.3 is 6.18 Å². The van der Waals surface area contributed by atoms with Crippen molar-refractivity contribution in [3.63, 3.8) is 0 Å². The average molecular weight is 184 g/mol. The summed E-state index contributed by atoms with van der Waals surface area (Å²) in [6.07, 6.45) is -1.98. The Morgan fingerprint density at radius 1 is 1.08 bits per heavy atom. The highest BCUT2D eigenvalue weighted by molar-refractivity contribution is 4.48. The lowest BCUT2D eigenvalue weighted by atomic mass is 10.3. The quantitative estimate of drug-likeness (QED) is 0.576. The molecule has 1 nitrogen and oxygen atoms in total. The van der Waals surface area contributed by atoms with Crippen LogP contribution in [0.3, 0.4) is 0 Å². The van der Waals surface area contributed by atoms with Gasteiger partial charge in [0, 0.05) is 6.61 Å². The highest BCUT2D eigenvalue weighted by atomic mass is 19.4. The molecule has 0 amide bonds. The maximum Gasteiger partial charge on any atom is 0.391 e. The number of alkyl halides is 3. The van der Waals surface area contributed by atoms with Gasteiger partial charge in [0.25, 0.3) is 0 Å². The van der Waals surface area contributed by atoms with Gasteiger partial charge in [-0.3, -0.25) is 0 Å². The maximum absolute atomic E-state index is 11.6. The molecule has 4 heteroatoms. The van der Waals surface area contributed by atoms with Gasteiger partial charge in [-0.25, -0.2) is 0 Å². The second-order valence-electron chi connectivity index (χ2n) is 2.68. The van der Waals surface area contributed by atoms with Crippen molar-refractivity contribution in [2.24, 2.45) is 0 Å². The van der Waals surface area contributed by atoms with Gasteiger partial charge in [-0.1, -0.05) is 19.8 Å². The molecule has 0 aromatic heterocycles. The van der Waals surface area contributed by atoms with Gasteiger partial charge in [0.2, 0.25) is 0 Å². The summed E-state index contributed by atoms with van der Waals surface area (Å²) in [6, 6.07) is 0. The van der Waals surface area contributed by atoms with E-state index in [1.165, 1.54) is 0 Å². The van der Waals surface area contributed by atoms with Gasteiger partial charge in [0.1, 0.15) is 0 Å². The van der Waals surface area contributed by atoms with E-state index in [4.69, 9.17) is 4.74 Å². The molecule has 0 heterocycles. The Morgan fingerprint density at radius 2 is 1.75 bits per heavy atom. The highest BCUT2D eigenvalue weighted by Crippen LogP contribution is 2.18. The van der Waals surface area contributed by atoms with Crippen molar-refractivity contribution in [1.29, 1.82) is 0 Å². The van der Waals surface area contributed by atoms with Crippen LogP contribution in [0.15, 0.2) is 0 Å². The minimum absolute atomic E-state index is 0.201. The number of ether oxygens (including phenoxy) is 1. The molecule has 0 aliphatic rings. The van der Waals surface area contributed by atoms with Crippen LogP contribution in [0.2, 0.25) is 0 Å². The van der Waals surface area contributed by atoms with Crippen molar-refractivity contribution in [2.75, 3.05) is 13.2 Å². The zero-order valence-electron chi connectivity index (χ0n) is 7.28. The first kappa shape index (κ1) is 11.8. The second-order valence-corrected chi connectivity index (χ2v) is 2.68. The lowest BCUT2D eigenvalue weighted by Crippen LogP contribution is -2.11. The summed E-state index contributed by atoms with van der Waals surface area (Å²) in [5.41, 5.74) is 0. The molecule has 0 rings (SSSR count). The fraction of sp³-hybridized carbons (Fsp3) is 1.00. The number of halogens is 3. The lowest BCUT2D eigenvalue weighted by Gasteiger charge is -2.06. The molecule has 74 valence electrons. The topological polar surface area (TPSA) is 9.23 Å². The Bertz CT molecular complexity index is 101. The normalized spacial score (nSPS) is 12.0. The summed E-state index contributed by atoms with van der Waals surface area (Å²) >= 11 is 0. The minimum atomic E-state index is -4.08. The molecule has 0 fully saturated rings. The highest BCUT2D eigenvalue weighted by Gasteiger charge is 2.26. The van der Waals surface area contributed by atoms with Gasteiger partial charge in [0.05, 0.1) is 13.0 Å². The van der Waals surface area contributed by atoms with E-state index in [1.54, 1.807) is 0 Å². The molecule has 0 aromatic carbocycles. The van der Waals surface area contributed by atoms with E-state index in [0.29, 0.717) is 6.61 Å². The fourth-order valence-corrected chi connectivity index (χ4v) is 0.744. The molecular formula is C8H15F3O. The third kappa shape index (κ3) is 9.75. The van der Waals surface area contributed by atoms with E-state index in [2.05, 4.69) is 0 Å².